The first kappa shape index (κ1) is 17.0. The highest BCUT2D eigenvalue weighted by atomic mass is 19.4. The molecule has 0 unspecified atom stereocenters. The molecule has 7 heteroatoms. The van der Waals surface area contributed by atoms with E-state index in [9.17, 15) is 22.8 Å². The van der Waals surface area contributed by atoms with Crippen molar-refractivity contribution in [2.24, 2.45) is 5.73 Å². The summed E-state index contributed by atoms with van der Waals surface area (Å²) in [5, 5.41) is 2.71. The Morgan fingerprint density at radius 3 is 2.40 bits per heavy atom. The second kappa shape index (κ2) is 6.23. The van der Waals surface area contributed by atoms with Gasteiger partial charge in [-0.1, -0.05) is 24.3 Å². The maximum absolute atomic E-state index is 13.1. The molecule has 1 fully saturated rings. The lowest BCUT2D eigenvalue weighted by Gasteiger charge is -2.12. The minimum absolute atomic E-state index is 0.186. The monoisotopic (exact) mass is 348 g/mol. The van der Waals surface area contributed by atoms with E-state index in [0.29, 0.717) is 6.42 Å². The first-order valence-electron chi connectivity index (χ1n) is 7.64. The summed E-state index contributed by atoms with van der Waals surface area (Å²) in [6, 6.07) is 10.9. The van der Waals surface area contributed by atoms with Gasteiger partial charge in [0.05, 0.1) is 5.56 Å². The Kier molecular flexibility index (Phi) is 4.24. The molecule has 0 aromatic heterocycles. The van der Waals surface area contributed by atoms with Crippen molar-refractivity contribution in [1.29, 1.82) is 0 Å². The van der Waals surface area contributed by atoms with Crippen LogP contribution >= 0.6 is 0 Å². The Bertz CT molecular complexity index is 833. The first-order chi connectivity index (χ1) is 11.8. The minimum atomic E-state index is -4.43. The molecule has 0 spiro atoms. The maximum atomic E-state index is 13.1. The third-order valence-corrected chi connectivity index (χ3v) is 4.18. The van der Waals surface area contributed by atoms with E-state index < -0.39 is 23.6 Å². The summed E-state index contributed by atoms with van der Waals surface area (Å²) in [5.74, 6) is -1.47. The SMILES string of the molecule is NC(=O)c1cccc(C(=O)N[C@H]2C[C@H]2c2ccccc2C(F)(F)F)c1. The molecule has 2 aromatic carbocycles. The molecule has 2 atom stereocenters. The summed E-state index contributed by atoms with van der Waals surface area (Å²) >= 11 is 0. The number of rotatable bonds is 4. The van der Waals surface area contributed by atoms with Crippen LogP contribution in [0.25, 0.3) is 0 Å². The smallest absolute Gasteiger partial charge is 0.366 e. The van der Waals surface area contributed by atoms with Gasteiger partial charge in [0.1, 0.15) is 0 Å². The van der Waals surface area contributed by atoms with E-state index in [1.165, 1.54) is 36.4 Å². The lowest BCUT2D eigenvalue weighted by Crippen LogP contribution is -2.27. The van der Waals surface area contributed by atoms with Crippen LogP contribution in [0.3, 0.4) is 0 Å². The molecule has 0 heterocycles. The summed E-state index contributed by atoms with van der Waals surface area (Å²) in [6.45, 7) is 0. The largest absolute Gasteiger partial charge is 0.416 e. The lowest BCUT2D eigenvalue weighted by molar-refractivity contribution is -0.138. The number of halogens is 3. The van der Waals surface area contributed by atoms with Gasteiger partial charge in [0, 0.05) is 23.1 Å². The Morgan fingerprint density at radius 1 is 1.04 bits per heavy atom. The fourth-order valence-electron chi connectivity index (χ4n) is 2.84. The van der Waals surface area contributed by atoms with E-state index in [-0.39, 0.29) is 28.7 Å². The van der Waals surface area contributed by atoms with Crippen LogP contribution in [0.4, 0.5) is 13.2 Å². The number of carbonyl (C=O) groups is 2. The summed E-state index contributed by atoms with van der Waals surface area (Å²) in [6.07, 6.45) is -3.99. The molecule has 25 heavy (non-hydrogen) atoms. The maximum Gasteiger partial charge on any atom is 0.416 e. The predicted octanol–water partition coefficient (Wildman–Crippen LogP) is 3.09. The van der Waals surface area contributed by atoms with Crippen molar-refractivity contribution >= 4 is 11.8 Å². The van der Waals surface area contributed by atoms with Crippen molar-refractivity contribution in [3.05, 3.63) is 70.8 Å². The molecule has 1 aliphatic carbocycles. The van der Waals surface area contributed by atoms with Crippen molar-refractivity contribution in [3.8, 4) is 0 Å². The highest BCUT2D eigenvalue weighted by Crippen LogP contribution is 2.46. The molecule has 3 N–H and O–H groups in total. The lowest BCUT2D eigenvalue weighted by atomic mass is 10.0. The van der Waals surface area contributed by atoms with Gasteiger partial charge in [0.2, 0.25) is 5.91 Å². The number of nitrogens with two attached hydrogens (primary N) is 1. The summed E-state index contributed by atoms with van der Waals surface area (Å²) in [5.41, 5.74) is 5.13. The number of hydrogen-bond acceptors (Lipinski definition) is 2. The van der Waals surface area contributed by atoms with Gasteiger partial charge in [0.15, 0.2) is 0 Å². The van der Waals surface area contributed by atoms with Gasteiger partial charge in [-0.3, -0.25) is 9.59 Å². The van der Waals surface area contributed by atoms with E-state index in [2.05, 4.69) is 5.32 Å². The van der Waals surface area contributed by atoms with Gasteiger partial charge >= 0.3 is 6.18 Å². The van der Waals surface area contributed by atoms with Gasteiger partial charge in [-0.25, -0.2) is 0 Å². The normalized spacial score (nSPS) is 19.3. The predicted molar refractivity (Wildman–Crippen MR) is 85.0 cm³/mol. The van der Waals surface area contributed by atoms with Gasteiger partial charge in [0.25, 0.3) is 5.91 Å². The number of nitrogens with one attached hydrogen (secondary N) is 1. The zero-order valence-electron chi connectivity index (χ0n) is 13.0. The van der Waals surface area contributed by atoms with Crippen LogP contribution < -0.4 is 11.1 Å². The molecule has 2 aromatic rings. The van der Waals surface area contributed by atoms with Crippen LogP contribution in [0.1, 0.15) is 44.2 Å². The number of amides is 2. The van der Waals surface area contributed by atoms with Crippen molar-refractivity contribution in [2.75, 3.05) is 0 Å². The van der Waals surface area contributed by atoms with Gasteiger partial charge in [-0.15, -0.1) is 0 Å². The van der Waals surface area contributed by atoms with E-state index in [0.717, 1.165) is 6.07 Å². The molecule has 0 saturated heterocycles. The van der Waals surface area contributed by atoms with Crippen LogP contribution in [0.5, 0.6) is 0 Å². The third-order valence-electron chi connectivity index (χ3n) is 4.18. The molecule has 1 aliphatic rings. The number of carbonyl (C=O) groups excluding carboxylic acids is 2. The van der Waals surface area contributed by atoms with Crippen molar-refractivity contribution in [2.45, 2.75) is 24.6 Å². The van der Waals surface area contributed by atoms with E-state index in [1.807, 2.05) is 0 Å². The molecule has 0 bridgehead atoms. The van der Waals surface area contributed by atoms with Gasteiger partial charge in [-0.2, -0.15) is 13.2 Å². The number of alkyl halides is 3. The van der Waals surface area contributed by atoms with Crippen LogP contribution in [0, 0.1) is 0 Å². The number of hydrogen-bond donors (Lipinski definition) is 2. The Balaban J connectivity index is 1.73. The molecule has 130 valence electrons. The van der Waals surface area contributed by atoms with Crippen LogP contribution in [-0.4, -0.2) is 17.9 Å². The standard InChI is InChI=1S/C18H15F3N2O2/c19-18(20,21)14-7-2-1-6-12(14)13-9-15(13)23-17(25)11-5-3-4-10(8-11)16(22)24/h1-8,13,15H,9H2,(H2,22,24)(H,23,25)/t13-,15-/m0/s1. The van der Waals surface area contributed by atoms with Crippen molar-refractivity contribution < 1.29 is 22.8 Å². The molecule has 3 rings (SSSR count). The fourth-order valence-corrected chi connectivity index (χ4v) is 2.84. The van der Waals surface area contributed by atoms with E-state index in [1.54, 1.807) is 6.07 Å². The topological polar surface area (TPSA) is 72.2 Å². The third kappa shape index (κ3) is 3.65. The summed E-state index contributed by atoms with van der Waals surface area (Å²) in [4.78, 5) is 23.4. The zero-order chi connectivity index (χ0) is 18.2. The molecular formula is C18H15F3N2O2. The fraction of sp³-hybridized carbons (Fsp3) is 0.222. The Morgan fingerprint density at radius 2 is 1.72 bits per heavy atom. The second-order valence-electron chi connectivity index (χ2n) is 5.95. The van der Waals surface area contributed by atoms with E-state index in [4.69, 9.17) is 5.73 Å². The van der Waals surface area contributed by atoms with Crippen molar-refractivity contribution in [3.63, 3.8) is 0 Å². The Hall–Kier alpha value is -2.83. The molecule has 0 aliphatic heterocycles. The van der Waals surface area contributed by atoms with Crippen molar-refractivity contribution in [1.82, 2.24) is 5.32 Å². The molecule has 0 radical (unpaired) electrons. The van der Waals surface area contributed by atoms with Crippen LogP contribution in [0.15, 0.2) is 48.5 Å². The average molecular weight is 348 g/mol. The second-order valence-corrected chi connectivity index (χ2v) is 5.95. The molecular weight excluding hydrogens is 333 g/mol. The van der Waals surface area contributed by atoms with Crippen LogP contribution in [-0.2, 0) is 6.18 Å². The van der Waals surface area contributed by atoms with Gasteiger partial charge < -0.3 is 11.1 Å². The number of primary amides is 1. The van der Waals surface area contributed by atoms with Crippen LogP contribution in [0.2, 0.25) is 0 Å². The first-order valence-corrected chi connectivity index (χ1v) is 7.64. The number of benzene rings is 2. The average Bonchev–Trinajstić information content (AvgIpc) is 3.33. The molecule has 2 amide bonds. The highest BCUT2D eigenvalue weighted by molar-refractivity contribution is 5.99. The Labute approximate surface area is 141 Å². The van der Waals surface area contributed by atoms with Gasteiger partial charge in [-0.05, 0) is 36.2 Å². The minimum Gasteiger partial charge on any atom is -0.366 e. The summed E-state index contributed by atoms with van der Waals surface area (Å²) < 4.78 is 39.2. The molecule has 1 saturated carbocycles. The molecule has 4 nitrogen and oxygen atoms in total. The highest BCUT2D eigenvalue weighted by Gasteiger charge is 2.44. The van der Waals surface area contributed by atoms with E-state index >= 15 is 0 Å². The summed E-state index contributed by atoms with van der Waals surface area (Å²) in [7, 11) is 0. The zero-order valence-corrected chi connectivity index (χ0v) is 13.0. The quantitative estimate of drug-likeness (QED) is 0.891.